The molecule has 0 spiro atoms. The molecule has 0 aromatic heterocycles. The van der Waals surface area contributed by atoms with E-state index in [1.165, 1.54) is 16.7 Å². The summed E-state index contributed by atoms with van der Waals surface area (Å²) >= 11 is 3.46. The summed E-state index contributed by atoms with van der Waals surface area (Å²) in [6.07, 6.45) is 15.5. The lowest BCUT2D eigenvalue weighted by Gasteiger charge is -2.17. The Labute approximate surface area is 146 Å². The van der Waals surface area contributed by atoms with Crippen LogP contribution in [0.15, 0.2) is 47.1 Å². The predicted molar refractivity (Wildman–Crippen MR) is 104 cm³/mol. The van der Waals surface area contributed by atoms with E-state index in [9.17, 15) is 5.11 Å². The summed E-state index contributed by atoms with van der Waals surface area (Å²) in [7, 11) is 0. The van der Waals surface area contributed by atoms with E-state index in [0.717, 1.165) is 37.4 Å². The summed E-state index contributed by atoms with van der Waals surface area (Å²) in [6.45, 7) is 10.4. The highest BCUT2D eigenvalue weighted by Crippen LogP contribution is 2.16. The van der Waals surface area contributed by atoms with Crippen molar-refractivity contribution >= 4 is 15.9 Å². The zero-order valence-electron chi connectivity index (χ0n) is 15.0. The van der Waals surface area contributed by atoms with Crippen molar-refractivity contribution in [2.24, 2.45) is 0 Å². The molecule has 0 rings (SSSR count). The van der Waals surface area contributed by atoms with E-state index in [0.29, 0.717) is 0 Å². The Morgan fingerprint density at radius 2 is 1.68 bits per heavy atom. The number of hydrogen-bond acceptors (Lipinski definition) is 1. The number of allylic oxidation sites excluding steroid dienone is 7. The van der Waals surface area contributed by atoms with E-state index in [4.69, 9.17) is 0 Å². The van der Waals surface area contributed by atoms with Crippen LogP contribution in [0.2, 0.25) is 0 Å². The van der Waals surface area contributed by atoms with Crippen molar-refractivity contribution in [1.29, 1.82) is 0 Å². The van der Waals surface area contributed by atoms with Crippen LogP contribution in [0.1, 0.15) is 66.7 Å². The zero-order chi connectivity index (χ0) is 17.0. The van der Waals surface area contributed by atoms with Gasteiger partial charge in [0.25, 0.3) is 0 Å². The van der Waals surface area contributed by atoms with Gasteiger partial charge in [0.15, 0.2) is 0 Å². The lowest BCUT2D eigenvalue weighted by molar-refractivity contribution is 0.103. The summed E-state index contributed by atoms with van der Waals surface area (Å²) in [5.74, 6) is 0. The van der Waals surface area contributed by atoms with Gasteiger partial charge in [0.1, 0.15) is 0 Å². The first-order valence-corrected chi connectivity index (χ1v) is 9.29. The highest BCUT2D eigenvalue weighted by Gasteiger charge is 2.14. The van der Waals surface area contributed by atoms with Crippen LogP contribution in [-0.2, 0) is 0 Å². The first kappa shape index (κ1) is 21.4. The summed E-state index contributed by atoms with van der Waals surface area (Å²) in [5.41, 5.74) is 3.40. The van der Waals surface area contributed by atoms with Crippen LogP contribution in [-0.4, -0.2) is 16.0 Å². The molecule has 22 heavy (non-hydrogen) atoms. The van der Waals surface area contributed by atoms with Gasteiger partial charge in [-0.1, -0.05) is 63.0 Å². The van der Waals surface area contributed by atoms with Gasteiger partial charge in [0.05, 0.1) is 5.60 Å². The first-order chi connectivity index (χ1) is 10.3. The molecule has 1 nitrogen and oxygen atoms in total. The Bertz CT molecular complexity index is 421. The van der Waals surface area contributed by atoms with Crippen LogP contribution in [0.3, 0.4) is 0 Å². The van der Waals surface area contributed by atoms with Crippen LogP contribution in [0.25, 0.3) is 0 Å². The van der Waals surface area contributed by atoms with E-state index in [1.54, 1.807) is 0 Å². The van der Waals surface area contributed by atoms with Crippen molar-refractivity contribution in [3.05, 3.63) is 47.1 Å². The van der Waals surface area contributed by atoms with E-state index >= 15 is 0 Å². The standard InChI is InChI=1S/C20H33BrO/c1-17(2)10-9-15-20(5,22)14-7-6-11-18(3)12-8-13-19(4)16-21/h7,10-11,13-14,22H,6,8-9,12,15-16H2,1-5H3/b14-7?,18-11+,19-13+. The Morgan fingerprint density at radius 1 is 1.00 bits per heavy atom. The lowest BCUT2D eigenvalue weighted by Crippen LogP contribution is -2.19. The topological polar surface area (TPSA) is 20.2 Å². The molecule has 0 aliphatic heterocycles. The van der Waals surface area contributed by atoms with Crippen molar-refractivity contribution in [3.63, 3.8) is 0 Å². The minimum Gasteiger partial charge on any atom is -0.386 e. The number of aliphatic hydroxyl groups is 1. The highest BCUT2D eigenvalue weighted by atomic mass is 79.9. The van der Waals surface area contributed by atoms with E-state index in [1.807, 2.05) is 13.0 Å². The maximum atomic E-state index is 10.3. The van der Waals surface area contributed by atoms with Gasteiger partial charge in [-0.2, -0.15) is 0 Å². The van der Waals surface area contributed by atoms with Crippen molar-refractivity contribution < 1.29 is 5.11 Å². The van der Waals surface area contributed by atoms with Crippen LogP contribution in [0.5, 0.6) is 0 Å². The Morgan fingerprint density at radius 3 is 2.27 bits per heavy atom. The fraction of sp³-hybridized carbons (Fsp3) is 0.600. The fourth-order valence-electron chi connectivity index (χ4n) is 2.03. The fourth-order valence-corrected chi connectivity index (χ4v) is 2.26. The Hall–Kier alpha value is -0.600. The second-order valence-electron chi connectivity index (χ2n) is 6.59. The Kier molecular flexibility index (Phi) is 11.6. The molecule has 0 fully saturated rings. The molecule has 126 valence electrons. The Balaban J connectivity index is 4.14. The van der Waals surface area contributed by atoms with Crippen molar-refractivity contribution in [2.45, 2.75) is 72.3 Å². The molecule has 0 aromatic rings. The molecular formula is C20H33BrO. The predicted octanol–water partition coefficient (Wildman–Crippen LogP) is 6.50. The van der Waals surface area contributed by atoms with Gasteiger partial charge < -0.3 is 5.11 Å². The molecule has 1 unspecified atom stereocenters. The van der Waals surface area contributed by atoms with Gasteiger partial charge in [0.2, 0.25) is 0 Å². The first-order valence-electron chi connectivity index (χ1n) is 8.17. The van der Waals surface area contributed by atoms with Crippen molar-refractivity contribution in [3.8, 4) is 0 Å². The number of halogens is 1. The third-order valence-corrected chi connectivity index (χ3v) is 4.41. The molecule has 0 aliphatic rings. The molecule has 0 saturated carbocycles. The second kappa shape index (κ2) is 11.9. The minimum absolute atomic E-state index is 0.705. The molecule has 0 saturated heterocycles. The smallest absolute Gasteiger partial charge is 0.0802 e. The quantitative estimate of drug-likeness (QED) is 0.344. The molecular weight excluding hydrogens is 336 g/mol. The third kappa shape index (κ3) is 13.1. The monoisotopic (exact) mass is 368 g/mol. The lowest BCUT2D eigenvalue weighted by atomic mass is 9.98. The highest BCUT2D eigenvalue weighted by molar-refractivity contribution is 9.09. The molecule has 0 bridgehead atoms. The third-order valence-electron chi connectivity index (χ3n) is 3.52. The molecule has 0 amide bonds. The summed E-state index contributed by atoms with van der Waals surface area (Å²) in [4.78, 5) is 0. The van der Waals surface area contributed by atoms with Crippen molar-refractivity contribution in [1.82, 2.24) is 0 Å². The van der Waals surface area contributed by atoms with Gasteiger partial charge in [-0.25, -0.2) is 0 Å². The van der Waals surface area contributed by atoms with Crippen LogP contribution in [0.4, 0.5) is 0 Å². The van der Waals surface area contributed by atoms with Gasteiger partial charge in [-0.3, -0.25) is 0 Å². The molecule has 1 N–H and O–H groups in total. The maximum absolute atomic E-state index is 10.3. The average molecular weight is 369 g/mol. The van der Waals surface area contributed by atoms with Crippen LogP contribution >= 0.6 is 15.9 Å². The summed E-state index contributed by atoms with van der Waals surface area (Å²) in [6, 6.07) is 0. The average Bonchev–Trinajstić information content (AvgIpc) is 2.42. The van der Waals surface area contributed by atoms with E-state index in [-0.39, 0.29) is 0 Å². The second-order valence-corrected chi connectivity index (χ2v) is 7.15. The minimum atomic E-state index is -0.705. The van der Waals surface area contributed by atoms with E-state index in [2.05, 4.69) is 67.9 Å². The number of alkyl halides is 1. The van der Waals surface area contributed by atoms with E-state index < -0.39 is 5.60 Å². The molecule has 1 atom stereocenters. The van der Waals surface area contributed by atoms with Crippen LogP contribution in [0, 0.1) is 0 Å². The van der Waals surface area contributed by atoms with Gasteiger partial charge in [-0.15, -0.1) is 0 Å². The molecule has 0 aromatic carbocycles. The van der Waals surface area contributed by atoms with Gasteiger partial charge in [0, 0.05) is 5.33 Å². The summed E-state index contributed by atoms with van der Waals surface area (Å²) < 4.78 is 0. The molecule has 2 heteroatoms. The molecule has 0 radical (unpaired) electrons. The van der Waals surface area contributed by atoms with Crippen molar-refractivity contribution in [2.75, 3.05) is 5.33 Å². The maximum Gasteiger partial charge on any atom is 0.0802 e. The largest absolute Gasteiger partial charge is 0.386 e. The van der Waals surface area contributed by atoms with Gasteiger partial charge >= 0.3 is 0 Å². The number of hydrogen-bond donors (Lipinski definition) is 1. The number of rotatable bonds is 10. The molecule has 0 heterocycles. The summed E-state index contributed by atoms with van der Waals surface area (Å²) in [5, 5.41) is 11.2. The van der Waals surface area contributed by atoms with Crippen LogP contribution < -0.4 is 0 Å². The molecule has 0 aliphatic carbocycles. The normalized spacial score (nSPS) is 16.0. The van der Waals surface area contributed by atoms with Gasteiger partial charge in [-0.05, 0) is 66.7 Å². The zero-order valence-corrected chi connectivity index (χ0v) is 16.5. The SMILES string of the molecule is CC(C)=CCCC(C)(O)C=CC/C=C(\C)CC/C=C(\C)CBr.